The number of aromatic amines is 1. The van der Waals surface area contributed by atoms with Crippen LogP contribution in [-0.2, 0) is 13.0 Å². The van der Waals surface area contributed by atoms with Gasteiger partial charge in [-0.2, -0.15) is 5.10 Å². The number of H-pyrrole nitrogens is 1. The number of carbonyl (C=O) groups excluding carboxylic acids is 1. The molecular formula is C19H26N4O. The highest BCUT2D eigenvalue weighted by atomic mass is 16.2. The number of nitrogens with zero attached hydrogens (tertiary/aromatic N) is 3. The zero-order valence-corrected chi connectivity index (χ0v) is 14.5. The molecule has 5 nitrogen and oxygen atoms in total. The quantitative estimate of drug-likeness (QED) is 0.919. The van der Waals surface area contributed by atoms with Crippen LogP contribution in [0.15, 0.2) is 36.5 Å². The number of likely N-dealkylation sites (tertiary alicyclic amines) is 1. The van der Waals surface area contributed by atoms with Gasteiger partial charge in [-0.3, -0.25) is 9.89 Å². The monoisotopic (exact) mass is 326 g/mol. The molecular weight excluding hydrogens is 300 g/mol. The van der Waals surface area contributed by atoms with Crippen LogP contribution in [0, 0.1) is 5.92 Å². The van der Waals surface area contributed by atoms with Gasteiger partial charge in [-0.25, -0.2) is 0 Å². The van der Waals surface area contributed by atoms with Crippen LogP contribution in [0.5, 0.6) is 0 Å². The smallest absolute Gasteiger partial charge is 0.253 e. The number of hydrogen-bond donors (Lipinski definition) is 1. The highest BCUT2D eigenvalue weighted by molar-refractivity contribution is 5.94. The Bertz CT molecular complexity index is 649. The van der Waals surface area contributed by atoms with Gasteiger partial charge in [-0.1, -0.05) is 12.1 Å². The molecule has 1 saturated heterocycles. The predicted octanol–water partition coefficient (Wildman–Crippen LogP) is 2.57. The van der Waals surface area contributed by atoms with Crippen molar-refractivity contribution in [1.29, 1.82) is 0 Å². The van der Waals surface area contributed by atoms with E-state index in [9.17, 15) is 4.79 Å². The minimum Gasteiger partial charge on any atom is -0.338 e. The lowest BCUT2D eigenvalue weighted by Crippen LogP contribution is -2.40. The first-order chi connectivity index (χ1) is 11.6. The minimum atomic E-state index is 0.153. The van der Waals surface area contributed by atoms with Crippen LogP contribution in [0.1, 0.15) is 34.5 Å². The van der Waals surface area contributed by atoms with Crippen LogP contribution in [0.2, 0.25) is 0 Å². The molecule has 1 fully saturated rings. The molecule has 0 aliphatic carbocycles. The van der Waals surface area contributed by atoms with Crippen molar-refractivity contribution in [2.24, 2.45) is 5.92 Å². The van der Waals surface area contributed by atoms with Crippen molar-refractivity contribution in [2.75, 3.05) is 27.2 Å². The minimum absolute atomic E-state index is 0.153. The molecule has 3 rings (SSSR count). The summed E-state index contributed by atoms with van der Waals surface area (Å²) in [4.78, 5) is 16.9. The lowest BCUT2D eigenvalue weighted by atomic mass is 9.93. The molecule has 1 aliphatic rings. The molecule has 1 aromatic heterocycles. The fourth-order valence-corrected chi connectivity index (χ4v) is 3.43. The second-order valence-electron chi connectivity index (χ2n) is 6.98. The molecule has 1 atom stereocenters. The van der Waals surface area contributed by atoms with Gasteiger partial charge in [0.25, 0.3) is 5.91 Å². The van der Waals surface area contributed by atoms with Gasteiger partial charge in [-0.15, -0.1) is 0 Å². The molecule has 0 saturated carbocycles. The van der Waals surface area contributed by atoms with Crippen LogP contribution in [0.25, 0.3) is 0 Å². The Morgan fingerprint density at radius 2 is 2.08 bits per heavy atom. The normalized spacial score (nSPS) is 18.1. The first-order valence-corrected chi connectivity index (χ1v) is 8.63. The predicted molar refractivity (Wildman–Crippen MR) is 94.8 cm³/mol. The first kappa shape index (κ1) is 16.7. The molecule has 2 aromatic rings. The summed E-state index contributed by atoms with van der Waals surface area (Å²) >= 11 is 0. The van der Waals surface area contributed by atoms with E-state index >= 15 is 0 Å². The maximum absolute atomic E-state index is 12.8. The number of benzene rings is 1. The third kappa shape index (κ3) is 4.23. The maximum atomic E-state index is 12.8. The van der Waals surface area contributed by atoms with Gasteiger partial charge in [-0.05, 0) is 63.0 Å². The third-order valence-corrected chi connectivity index (χ3v) is 4.57. The topological polar surface area (TPSA) is 52.2 Å². The van der Waals surface area contributed by atoms with Gasteiger partial charge in [0.15, 0.2) is 0 Å². The van der Waals surface area contributed by atoms with Crippen molar-refractivity contribution in [3.63, 3.8) is 0 Å². The maximum Gasteiger partial charge on any atom is 0.253 e. The third-order valence-electron chi connectivity index (χ3n) is 4.57. The Hall–Kier alpha value is -2.14. The van der Waals surface area contributed by atoms with E-state index in [0.717, 1.165) is 43.7 Å². The Kier molecular flexibility index (Phi) is 5.30. The average molecular weight is 326 g/mol. The summed E-state index contributed by atoms with van der Waals surface area (Å²) in [5, 5.41) is 7.03. The summed E-state index contributed by atoms with van der Waals surface area (Å²) < 4.78 is 0. The fraction of sp³-hybridized carbons (Fsp3) is 0.474. The number of piperidine rings is 1. The number of carbonyl (C=O) groups is 1. The van der Waals surface area contributed by atoms with Gasteiger partial charge in [0.05, 0.1) is 0 Å². The SMILES string of the molecule is CN(C)Cc1ccc(C(=O)N2CCCC(Cc3ccn[nH]3)C2)cc1. The van der Waals surface area contributed by atoms with E-state index in [0.29, 0.717) is 5.92 Å². The Balaban J connectivity index is 1.61. The van der Waals surface area contributed by atoms with Crippen molar-refractivity contribution in [1.82, 2.24) is 20.0 Å². The molecule has 1 N–H and O–H groups in total. The number of amides is 1. The number of hydrogen-bond acceptors (Lipinski definition) is 3. The van der Waals surface area contributed by atoms with Gasteiger partial charge in [0.2, 0.25) is 0 Å². The molecule has 5 heteroatoms. The van der Waals surface area contributed by atoms with E-state index in [-0.39, 0.29) is 5.91 Å². The molecule has 0 bridgehead atoms. The Morgan fingerprint density at radius 1 is 1.29 bits per heavy atom. The van der Waals surface area contributed by atoms with Crippen LogP contribution >= 0.6 is 0 Å². The molecule has 1 amide bonds. The van der Waals surface area contributed by atoms with Crippen molar-refractivity contribution < 1.29 is 4.79 Å². The van der Waals surface area contributed by atoms with Crippen molar-refractivity contribution in [2.45, 2.75) is 25.8 Å². The van der Waals surface area contributed by atoms with Crippen molar-refractivity contribution in [3.8, 4) is 0 Å². The van der Waals surface area contributed by atoms with E-state index in [1.54, 1.807) is 6.20 Å². The van der Waals surface area contributed by atoms with Crippen LogP contribution in [0.3, 0.4) is 0 Å². The highest BCUT2D eigenvalue weighted by Gasteiger charge is 2.24. The van der Waals surface area contributed by atoms with Gasteiger partial charge < -0.3 is 9.80 Å². The first-order valence-electron chi connectivity index (χ1n) is 8.63. The summed E-state index contributed by atoms with van der Waals surface area (Å²) in [7, 11) is 4.10. The zero-order valence-electron chi connectivity index (χ0n) is 14.5. The molecule has 0 spiro atoms. The highest BCUT2D eigenvalue weighted by Crippen LogP contribution is 2.22. The van der Waals surface area contributed by atoms with Crippen molar-refractivity contribution in [3.05, 3.63) is 53.3 Å². The lowest BCUT2D eigenvalue weighted by Gasteiger charge is -2.32. The summed E-state index contributed by atoms with van der Waals surface area (Å²) in [6.07, 6.45) is 5.00. The number of nitrogens with one attached hydrogen (secondary N) is 1. The summed E-state index contributed by atoms with van der Waals surface area (Å²) in [5.74, 6) is 0.664. The number of rotatable bonds is 5. The summed E-state index contributed by atoms with van der Waals surface area (Å²) in [6, 6.07) is 10.0. The molecule has 2 heterocycles. The van der Waals surface area contributed by atoms with Crippen LogP contribution in [0.4, 0.5) is 0 Å². The van der Waals surface area contributed by atoms with Crippen LogP contribution < -0.4 is 0 Å². The summed E-state index contributed by atoms with van der Waals surface area (Å²) in [5.41, 5.74) is 3.18. The molecule has 1 aromatic carbocycles. The number of aromatic nitrogens is 2. The standard InChI is InChI=1S/C19H26N4O/c1-22(2)13-15-5-7-17(8-6-15)19(24)23-11-3-4-16(14-23)12-18-9-10-20-21-18/h5-10,16H,3-4,11-14H2,1-2H3,(H,20,21). The zero-order chi connectivity index (χ0) is 16.9. The van der Waals surface area contributed by atoms with Gasteiger partial charge in [0, 0.05) is 37.1 Å². The molecule has 24 heavy (non-hydrogen) atoms. The molecule has 1 unspecified atom stereocenters. The molecule has 1 aliphatic heterocycles. The van der Waals surface area contributed by atoms with Crippen LogP contribution in [-0.4, -0.2) is 53.1 Å². The molecule has 0 radical (unpaired) electrons. The largest absolute Gasteiger partial charge is 0.338 e. The second kappa shape index (κ2) is 7.62. The summed E-state index contributed by atoms with van der Waals surface area (Å²) in [6.45, 7) is 2.58. The van der Waals surface area contributed by atoms with E-state index < -0.39 is 0 Å². The van der Waals surface area contributed by atoms with E-state index in [1.807, 2.05) is 37.2 Å². The fourth-order valence-electron chi connectivity index (χ4n) is 3.43. The average Bonchev–Trinajstić information content (AvgIpc) is 3.07. The second-order valence-corrected chi connectivity index (χ2v) is 6.98. The Morgan fingerprint density at radius 3 is 2.75 bits per heavy atom. The molecule has 128 valence electrons. The van der Waals surface area contributed by atoms with Gasteiger partial charge >= 0.3 is 0 Å². The van der Waals surface area contributed by atoms with E-state index in [2.05, 4.69) is 27.2 Å². The Labute approximate surface area is 143 Å². The lowest BCUT2D eigenvalue weighted by molar-refractivity contribution is 0.0673. The van der Waals surface area contributed by atoms with E-state index in [4.69, 9.17) is 0 Å². The van der Waals surface area contributed by atoms with Gasteiger partial charge in [0.1, 0.15) is 0 Å². The van der Waals surface area contributed by atoms with E-state index in [1.165, 1.54) is 12.0 Å². The van der Waals surface area contributed by atoms with Crippen molar-refractivity contribution >= 4 is 5.91 Å².